The van der Waals surface area contributed by atoms with E-state index in [2.05, 4.69) is 9.97 Å². The summed E-state index contributed by atoms with van der Waals surface area (Å²) in [7, 11) is 0. The maximum absolute atomic E-state index is 11.2. The molecule has 5 heteroatoms. The van der Waals surface area contributed by atoms with Gasteiger partial charge in [0.15, 0.2) is 0 Å². The van der Waals surface area contributed by atoms with Crippen molar-refractivity contribution in [2.45, 2.75) is 51.0 Å². The molecule has 102 valence electrons. The lowest BCUT2D eigenvalue weighted by atomic mass is 10.1. The van der Waals surface area contributed by atoms with Gasteiger partial charge in [0, 0.05) is 17.3 Å². The Labute approximate surface area is 112 Å². The highest BCUT2D eigenvalue weighted by atomic mass is 16.4. The van der Waals surface area contributed by atoms with Crippen molar-refractivity contribution in [3.63, 3.8) is 0 Å². The molecule has 0 atom stereocenters. The zero-order valence-corrected chi connectivity index (χ0v) is 11.0. The van der Waals surface area contributed by atoms with Gasteiger partial charge in [0.25, 0.3) is 0 Å². The summed E-state index contributed by atoms with van der Waals surface area (Å²) < 4.78 is 0. The highest BCUT2D eigenvalue weighted by molar-refractivity contribution is 5.74. The number of aliphatic carboxylic acids is 1. The summed E-state index contributed by atoms with van der Waals surface area (Å²) in [5, 5.41) is 9.17. The summed E-state index contributed by atoms with van der Waals surface area (Å²) in [6.07, 6.45) is 9.20. The van der Waals surface area contributed by atoms with Crippen molar-refractivity contribution in [2.24, 2.45) is 0 Å². The van der Waals surface area contributed by atoms with Crippen LogP contribution in [0.25, 0.3) is 0 Å². The summed E-state index contributed by atoms with van der Waals surface area (Å²) in [5.41, 5.74) is 2.29. The van der Waals surface area contributed by atoms with E-state index in [1.807, 2.05) is 4.90 Å². The molecule has 1 aromatic rings. The Bertz CT molecular complexity index is 484. The standard InChI is InChI=1S/C14H19N3O2/c18-13(19)8-17(10-4-1-2-5-10)14-11-6-3-7-12(11)15-9-16-14/h9-10H,1-8H2,(H,18,19). The third-order valence-electron chi connectivity index (χ3n) is 4.20. The van der Waals surface area contributed by atoms with E-state index < -0.39 is 5.97 Å². The highest BCUT2D eigenvalue weighted by Gasteiger charge is 2.29. The molecule has 0 spiro atoms. The first kappa shape index (κ1) is 12.4. The average Bonchev–Trinajstić information content (AvgIpc) is 3.05. The number of carboxylic acids is 1. The summed E-state index contributed by atoms with van der Waals surface area (Å²) in [6.45, 7) is 0.0497. The summed E-state index contributed by atoms with van der Waals surface area (Å²) in [6, 6.07) is 0.329. The van der Waals surface area contributed by atoms with Crippen molar-refractivity contribution in [1.29, 1.82) is 0 Å². The molecule has 1 fully saturated rings. The van der Waals surface area contributed by atoms with Gasteiger partial charge in [-0.1, -0.05) is 12.8 Å². The van der Waals surface area contributed by atoms with Gasteiger partial charge in [0.1, 0.15) is 18.7 Å². The second kappa shape index (κ2) is 5.15. The van der Waals surface area contributed by atoms with E-state index in [1.54, 1.807) is 6.33 Å². The monoisotopic (exact) mass is 261 g/mol. The Morgan fingerprint density at radius 2 is 2.05 bits per heavy atom. The van der Waals surface area contributed by atoms with E-state index in [4.69, 9.17) is 5.11 Å². The minimum absolute atomic E-state index is 0.0497. The summed E-state index contributed by atoms with van der Waals surface area (Å²) in [5.74, 6) is 0.0917. The molecule has 2 aliphatic carbocycles. The average molecular weight is 261 g/mol. The van der Waals surface area contributed by atoms with E-state index in [0.717, 1.165) is 43.6 Å². The zero-order chi connectivity index (χ0) is 13.2. The fourth-order valence-electron chi connectivity index (χ4n) is 3.33. The molecule has 1 saturated carbocycles. The van der Waals surface area contributed by atoms with Crippen LogP contribution in [0.5, 0.6) is 0 Å². The van der Waals surface area contributed by atoms with Crippen molar-refractivity contribution in [1.82, 2.24) is 9.97 Å². The molecule has 1 N–H and O–H groups in total. The molecule has 5 nitrogen and oxygen atoms in total. The van der Waals surface area contributed by atoms with E-state index >= 15 is 0 Å². The van der Waals surface area contributed by atoms with Crippen LogP contribution in [-0.2, 0) is 17.6 Å². The van der Waals surface area contributed by atoms with E-state index in [-0.39, 0.29) is 6.54 Å². The quantitative estimate of drug-likeness (QED) is 0.895. The van der Waals surface area contributed by atoms with Gasteiger partial charge in [-0.15, -0.1) is 0 Å². The SMILES string of the molecule is O=C(O)CN(c1ncnc2c1CCC2)C1CCCC1. The van der Waals surface area contributed by atoms with Crippen LogP contribution < -0.4 is 4.90 Å². The highest BCUT2D eigenvalue weighted by Crippen LogP contribution is 2.32. The molecule has 0 bridgehead atoms. The molecule has 0 unspecified atom stereocenters. The number of aromatic nitrogens is 2. The number of carboxylic acid groups (broad SMARTS) is 1. The van der Waals surface area contributed by atoms with Crippen molar-refractivity contribution in [3.05, 3.63) is 17.6 Å². The molecule has 0 radical (unpaired) electrons. The number of fused-ring (bicyclic) bond motifs is 1. The second-order valence-electron chi connectivity index (χ2n) is 5.44. The van der Waals surface area contributed by atoms with Crippen molar-refractivity contribution < 1.29 is 9.90 Å². The van der Waals surface area contributed by atoms with Crippen LogP contribution in [0.3, 0.4) is 0 Å². The number of hydrogen-bond donors (Lipinski definition) is 1. The molecule has 1 heterocycles. The van der Waals surface area contributed by atoms with Crippen LogP contribution in [0, 0.1) is 0 Å². The second-order valence-corrected chi connectivity index (χ2v) is 5.44. The van der Waals surface area contributed by atoms with Crippen molar-refractivity contribution in [3.8, 4) is 0 Å². The number of carbonyl (C=O) groups is 1. The van der Waals surface area contributed by atoms with Gasteiger partial charge in [-0.2, -0.15) is 0 Å². The predicted octanol–water partition coefficient (Wildman–Crippen LogP) is 1.80. The maximum Gasteiger partial charge on any atom is 0.323 e. The van der Waals surface area contributed by atoms with Crippen LogP contribution in [0.15, 0.2) is 6.33 Å². The molecule has 2 aliphatic rings. The van der Waals surface area contributed by atoms with Gasteiger partial charge in [-0.3, -0.25) is 4.79 Å². The predicted molar refractivity (Wildman–Crippen MR) is 71.3 cm³/mol. The van der Waals surface area contributed by atoms with E-state index in [9.17, 15) is 4.79 Å². The molecule has 0 aromatic carbocycles. The van der Waals surface area contributed by atoms with Gasteiger partial charge in [-0.25, -0.2) is 9.97 Å². The third-order valence-corrected chi connectivity index (χ3v) is 4.20. The summed E-state index contributed by atoms with van der Waals surface area (Å²) in [4.78, 5) is 21.9. The number of hydrogen-bond acceptors (Lipinski definition) is 4. The smallest absolute Gasteiger partial charge is 0.323 e. The fourth-order valence-corrected chi connectivity index (χ4v) is 3.33. The van der Waals surface area contributed by atoms with Gasteiger partial charge in [0.05, 0.1) is 0 Å². The minimum atomic E-state index is -0.780. The molecular weight excluding hydrogens is 242 g/mol. The Balaban J connectivity index is 1.94. The molecule has 3 rings (SSSR count). The topological polar surface area (TPSA) is 66.3 Å². The maximum atomic E-state index is 11.2. The van der Waals surface area contributed by atoms with E-state index in [0.29, 0.717) is 6.04 Å². The normalized spacial score (nSPS) is 18.5. The third kappa shape index (κ3) is 2.41. The molecule has 0 amide bonds. The Hall–Kier alpha value is -1.65. The van der Waals surface area contributed by atoms with Crippen LogP contribution in [-0.4, -0.2) is 33.6 Å². The van der Waals surface area contributed by atoms with Gasteiger partial charge in [0.2, 0.25) is 0 Å². The van der Waals surface area contributed by atoms with Crippen LogP contribution >= 0.6 is 0 Å². The Morgan fingerprint density at radius 3 is 2.79 bits per heavy atom. The lowest BCUT2D eigenvalue weighted by Gasteiger charge is -2.29. The number of aryl methyl sites for hydroxylation is 1. The number of anilines is 1. The first-order valence-corrected chi connectivity index (χ1v) is 7.07. The molecular formula is C14H19N3O2. The molecule has 19 heavy (non-hydrogen) atoms. The van der Waals surface area contributed by atoms with Crippen LogP contribution in [0.4, 0.5) is 5.82 Å². The first-order chi connectivity index (χ1) is 9.25. The van der Waals surface area contributed by atoms with Gasteiger partial charge >= 0.3 is 5.97 Å². The largest absolute Gasteiger partial charge is 0.480 e. The van der Waals surface area contributed by atoms with Crippen molar-refractivity contribution in [2.75, 3.05) is 11.4 Å². The molecule has 1 aromatic heterocycles. The van der Waals surface area contributed by atoms with Crippen molar-refractivity contribution >= 4 is 11.8 Å². The minimum Gasteiger partial charge on any atom is -0.480 e. The first-order valence-electron chi connectivity index (χ1n) is 7.07. The molecule has 0 saturated heterocycles. The number of rotatable bonds is 4. The number of nitrogens with zero attached hydrogens (tertiary/aromatic N) is 3. The Kier molecular flexibility index (Phi) is 3.36. The lowest BCUT2D eigenvalue weighted by molar-refractivity contribution is -0.135. The summed E-state index contributed by atoms with van der Waals surface area (Å²) >= 11 is 0. The van der Waals surface area contributed by atoms with Gasteiger partial charge in [-0.05, 0) is 32.1 Å². The van der Waals surface area contributed by atoms with Crippen LogP contribution in [0.2, 0.25) is 0 Å². The Morgan fingerprint density at radius 1 is 1.26 bits per heavy atom. The van der Waals surface area contributed by atoms with Crippen LogP contribution in [0.1, 0.15) is 43.4 Å². The van der Waals surface area contributed by atoms with E-state index in [1.165, 1.54) is 18.4 Å². The fraction of sp³-hybridized carbons (Fsp3) is 0.643. The molecule has 0 aliphatic heterocycles. The lowest BCUT2D eigenvalue weighted by Crippen LogP contribution is -2.39. The van der Waals surface area contributed by atoms with Gasteiger partial charge < -0.3 is 10.0 Å². The zero-order valence-electron chi connectivity index (χ0n) is 11.0.